The van der Waals surface area contributed by atoms with Crippen molar-refractivity contribution >= 4 is 9.84 Å². The van der Waals surface area contributed by atoms with Crippen LogP contribution in [-0.2, 0) is 9.84 Å². The number of sulfone groups is 1. The first-order valence-electron chi connectivity index (χ1n) is 5.13. The summed E-state index contributed by atoms with van der Waals surface area (Å²) >= 11 is 0. The summed E-state index contributed by atoms with van der Waals surface area (Å²) in [5.41, 5.74) is 0.214. The van der Waals surface area contributed by atoms with Gasteiger partial charge < -0.3 is 5.32 Å². The van der Waals surface area contributed by atoms with Crippen LogP contribution < -0.4 is 5.32 Å². The van der Waals surface area contributed by atoms with Crippen LogP contribution in [0.2, 0.25) is 0 Å². The highest BCUT2D eigenvalue weighted by atomic mass is 32.2. The van der Waals surface area contributed by atoms with Crippen LogP contribution in [0.3, 0.4) is 0 Å². The second kappa shape index (κ2) is 3.81. The maximum atomic E-state index is 11.3. The number of hydrogen-bond acceptors (Lipinski definition) is 3. The lowest BCUT2D eigenvalue weighted by atomic mass is 9.95. The van der Waals surface area contributed by atoms with Gasteiger partial charge in [0.15, 0.2) is 9.84 Å². The lowest BCUT2D eigenvalue weighted by Gasteiger charge is -2.23. The fourth-order valence-corrected chi connectivity index (χ4v) is 3.88. The lowest BCUT2D eigenvalue weighted by Crippen LogP contribution is -2.39. The number of hydrogen-bond donors (Lipinski definition) is 1. The molecule has 1 aliphatic rings. The topological polar surface area (TPSA) is 46.2 Å². The van der Waals surface area contributed by atoms with Gasteiger partial charge in [0.05, 0.1) is 11.5 Å². The molecular weight excluding hydrogens is 198 g/mol. The molecule has 3 nitrogen and oxygen atoms in total. The van der Waals surface area contributed by atoms with Gasteiger partial charge in [0.2, 0.25) is 0 Å². The minimum Gasteiger partial charge on any atom is -0.312 e. The molecule has 0 radical (unpaired) electrons. The standard InChI is InChI=1S/C10H21NO2S/c1-8-5-14(12,13)6-9(8)11-7-10(2,3)4/h8-9,11H,5-7H2,1-4H3/t8-,9-/m1/s1. The summed E-state index contributed by atoms with van der Waals surface area (Å²) in [5, 5.41) is 3.35. The van der Waals surface area contributed by atoms with Crippen LogP contribution in [0.5, 0.6) is 0 Å². The predicted octanol–water partition coefficient (Wildman–Crippen LogP) is 1.06. The Bertz CT molecular complexity index is 290. The molecule has 0 aliphatic carbocycles. The minimum atomic E-state index is -2.77. The largest absolute Gasteiger partial charge is 0.312 e. The van der Waals surface area contributed by atoms with Crippen molar-refractivity contribution in [3.8, 4) is 0 Å². The molecule has 1 saturated heterocycles. The second-order valence-electron chi connectivity index (χ2n) is 5.60. The molecule has 0 aromatic rings. The minimum absolute atomic E-state index is 0.152. The Hall–Kier alpha value is -0.0900. The molecule has 0 aromatic carbocycles. The third-order valence-electron chi connectivity index (χ3n) is 2.53. The highest BCUT2D eigenvalue weighted by Crippen LogP contribution is 2.20. The van der Waals surface area contributed by atoms with Crippen molar-refractivity contribution in [2.75, 3.05) is 18.1 Å². The van der Waals surface area contributed by atoms with Gasteiger partial charge in [-0.15, -0.1) is 0 Å². The van der Waals surface area contributed by atoms with Crippen molar-refractivity contribution in [1.29, 1.82) is 0 Å². The van der Waals surface area contributed by atoms with E-state index in [-0.39, 0.29) is 17.4 Å². The van der Waals surface area contributed by atoms with Gasteiger partial charge in [-0.25, -0.2) is 8.42 Å². The third-order valence-corrected chi connectivity index (χ3v) is 4.43. The highest BCUT2D eigenvalue weighted by molar-refractivity contribution is 7.91. The lowest BCUT2D eigenvalue weighted by molar-refractivity contribution is 0.336. The van der Waals surface area contributed by atoms with E-state index in [0.29, 0.717) is 11.5 Å². The molecule has 0 spiro atoms. The summed E-state index contributed by atoms with van der Waals surface area (Å²) in [6.45, 7) is 9.32. The van der Waals surface area contributed by atoms with E-state index in [2.05, 4.69) is 26.1 Å². The van der Waals surface area contributed by atoms with Crippen LogP contribution in [0.25, 0.3) is 0 Å². The summed E-state index contributed by atoms with van der Waals surface area (Å²) in [6, 6.07) is 0.152. The summed E-state index contributed by atoms with van der Waals surface area (Å²) in [5.74, 6) is 0.904. The summed E-state index contributed by atoms with van der Waals surface area (Å²) < 4.78 is 22.7. The van der Waals surface area contributed by atoms with Gasteiger partial charge in [-0.05, 0) is 11.3 Å². The van der Waals surface area contributed by atoms with Crippen molar-refractivity contribution in [1.82, 2.24) is 5.32 Å². The van der Waals surface area contributed by atoms with Crippen LogP contribution in [-0.4, -0.2) is 32.5 Å². The van der Waals surface area contributed by atoms with Crippen molar-refractivity contribution in [2.45, 2.75) is 33.7 Å². The smallest absolute Gasteiger partial charge is 0.152 e. The highest BCUT2D eigenvalue weighted by Gasteiger charge is 2.34. The van der Waals surface area contributed by atoms with E-state index in [1.54, 1.807) is 0 Å². The molecule has 1 heterocycles. The molecule has 0 saturated carbocycles. The van der Waals surface area contributed by atoms with E-state index in [1.165, 1.54) is 0 Å². The van der Waals surface area contributed by atoms with Crippen LogP contribution >= 0.6 is 0 Å². The van der Waals surface area contributed by atoms with Crippen molar-refractivity contribution in [3.63, 3.8) is 0 Å². The first-order valence-corrected chi connectivity index (χ1v) is 6.96. The van der Waals surface area contributed by atoms with Gasteiger partial charge in [-0.3, -0.25) is 0 Å². The van der Waals surface area contributed by atoms with Crippen LogP contribution in [0.1, 0.15) is 27.7 Å². The van der Waals surface area contributed by atoms with Crippen molar-refractivity contribution in [3.05, 3.63) is 0 Å². The van der Waals surface area contributed by atoms with E-state index in [4.69, 9.17) is 0 Å². The normalized spacial score (nSPS) is 32.0. The molecule has 0 bridgehead atoms. The maximum Gasteiger partial charge on any atom is 0.152 e. The summed E-state index contributed by atoms with van der Waals surface area (Å²) in [6.07, 6.45) is 0. The van der Waals surface area contributed by atoms with Gasteiger partial charge in [-0.1, -0.05) is 27.7 Å². The molecule has 4 heteroatoms. The van der Waals surface area contributed by atoms with E-state index in [1.807, 2.05) is 6.92 Å². The molecule has 1 fully saturated rings. The Kier molecular flexibility index (Phi) is 3.26. The Morgan fingerprint density at radius 3 is 2.21 bits per heavy atom. The molecule has 2 atom stereocenters. The van der Waals surface area contributed by atoms with Gasteiger partial charge in [0.1, 0.15) is 0 Å². The van der Waals surface area contributed by atoms with Crippen molar-refractivity contribution in [2.24, 2.45) is 11.3 Å². The Morgan fingerprint density at radius 1 is 1.29 bits per heavy atom. The van der Waals surface area contributed by atoms with E-state index in [9.17, 15) is 8.42 Å². The zero-order valence-electron chi connectivity index (χ0n) is 9.50. The Morgan fingerprint density at radius 2 is 1.86 bits per heavy atom. The van der Waals surface area contributed by atoms with E-state index < -0.39 is 9.84 Å². The Labute approximate surface area is 87.2 Å². The molecule has 1 N–H and O–H groups in total. The first-order chi connectivity index (χ1) is 6.20. The molecule has 84 valence electrons. The second-order valence-corrected chi connectivity index (χ2v) is 7.76. The fraction of sp³-hybridized carbons (Fsp3) is 1.00. The van der Waals surface area contributed by atoms with Crippen LogP contribution in [0.15, 0.2) is 0 Å². The Balaban J connectivity index is 2.48. The molecular formula is C10H21NO2S. The average molecular weight is 219 g/mol. The summed E-state index contributed by atoms with van der Waals surface area (Å²) in [7, 11) is -2.77. The van der Waals surface area contributed by atoms with Crippen LogP contribution in [0.4, 0.5) is 0 Å². The quantitative estimate of drug-likeness (QED) is 0.755. The fourth-order valence-electron chi connectivity index (χ4n) is 1.72. The SMILES string of the molecule is C[C@@H]1CS(=O)(=O)C[C@H]1NCC(C)(C)C. The van der Waals surface area contributed by atoms with Gasteiger partial charge in [-0.2, -0.15) is 0 Å². The van der Waals surface area contributed by atoms with Gasteiger partial charge >= 0.3 is 0 Å². The summed E-state index contributed by atoms with van der Waals surface area (Å²) in [4.78, 5) is 0. The first kappa shape index (κ1) is 12.0. The molecule has 1 aliphatic heterocycles. The maximum absolute atomic E-state index is 11.3. The van der Waals surface area contributed by atoms with Gasteiger partial charge in [0.25, 0.3) is 0 Å². The average Bonchev–Trinajstić information content (AvgIpc) is 2.19. The third kappa shape index (κ3) is 3.58. The molecule has 0 aromatic heterocycles. The predicted molar refractivity (Wildman–Crippen MR) is 59.1 cm³/mol. The van der Waals surface area contributed by atoms with Gasteiger partial charge in [0, 0.05) is 12.6 Å². The number of rotatable bonds is 2. The van der Waals surface area contributed by atoms with E-state index >= 15 is 0 Å². The zero-order chi connectivity index (χ0) is 11.0. The van der Waals surface area contributed by atoms with Crippen molar-refractivity contribution < 1.29 is 8.42 Å². The molecule has 1 rings (SSSR count). The molecule has 0 amide bonds. The van der Waals surface area contributed by atoms with Crippen LogP contribution in [0, 0.1) is 11.3 Å². The molecule has 0 unspecified atom stereocenters. The monoisotopic (exact) mass is 219 g/mol. The number of nitrogens with one attached hydrogen (secondary N) is 1. The zero-order valence-corrected chi connectivity index (χ0v) is 10.3. The van der Waals surface area contributed by atoms with E-state index in [0.717, 1.165) is 6.54 Å². The molecule has 14 heavy (non-hydrogen) atoms.